The van der Waals surface area contributed by atoms with Crippen molar-refractivity contribution in [2.45, 2.75) is 78.2 Å². The van der Waals surface area contributed by atoms with E-state index in [9.17, 15) is 9.90 Å². The highest BCUT2D eigenvalue weighted by molar-refractivity contribution is 5.86. The van der Waals surface area contributed by atoms with Gasteiger partial charge in [0.1, 0.15) is 6.10 Å². The smallest absolute Gasteiger partial charge is 0.165 e. The molecule has 4 aliphatic carbocycles. The van der Waals surface area contributed by atoms with E-state index in [1.54, 1.807) is 0 Å². The molecule has 0 aliphatic heterocycles. The predicted molar refractivity (Wildman–Crippen MR) is 91.9 cm³/mol. The largest absolute Gasteiger partial charge is 0.385 e. The lowest BCUT2D eigenvalue weighted by Gasteiger charge is -2.57. The molecule has 0 radical (unpaired) electrons. The number of Topliss-reactive ketones (excluding diaryl/α,β-unsaturated/α-hetero) is 1. The first kappa shape index (κ1) is 15.9. The zero-order chi connectivity index (χ0) is 16.4. The lowest BCUT2D eigenvalue weighted by atomic mass is 9.47. The van der Waals surface area contributed by atoms with Crippen molar-refractivity contribution in [1.29, 1.82) is 0 Å². The average molecular weight is 316 g/mol. The minimum absolute atomic E-state index is 0.0414. The van der Waals surface area contributed by atoms with Crippen LogP contribution in [0.25, 0.3) is 0 Å². The molecule has 0 spiro atoms. The first-order valence-corrected chi connectivity index (χ1v) is 9.80. The van der Waals surface area contributed by atoms with Crippen LogP contribution in [0.2, 0.25) is 0 Å². The highest BCUT2D eigenvalue weighted by Gasteiger charge is 2.58. The number of aliphatic hydroxyl groups excluding tert-OH is 1. The van der Waals surface area contributed by atoms with Gasteiger partial charge in [0.25, 0.3) is 0 Å². The number of rotatable bonds is 1. The van der Waals surface area contributed by atoms with E-state index in [1.165, 1.54) is 44.1 Å². The summed E-state index contributed by atoms with van der Waals surface area (Å²) >= 11 is 0. The van der Waals surface area contributed by atoms with Crippen LogP contribution < -0.4 is 0 Å². The number of fused-ring (bicyclic) bond motifs is 5. The summed E-state index contributed by atoms with van der Waals surface area (Å²) in [5.74, 6) is 3.26. The van der Waals surface area contributed by atoms with Gasteiger partial charge in [0.15, 0.2) is 5.78 Å². The lowest BCUT2D eigenvalue weighted by Crippen LogP contribution is -2.52. The summed E-state index contributed by atoms with van der Waals surface area (Å²) in [6.45, 7) is 7.28. The molecule has 7 atom stereocenters. The van der Waals surface area contributed by atoms with Gasteiger partial charge in [0.2, 0.25) is 0 Å². The summed E-state index contributed by atoms with van der Waals surface area (Å²) < 4.78 is 0. The highest BCUT2D eigenvalue weighted by Crippen LogP contribution is 2.66. The second-order valence-electron chi connectivity index (χ2n) is 9.35. The van der Waals surface area contributed by atoms with Crippen molar-refractivity contribution in [3.05, 3.63) is 11.6 Å². The Bertz CT molecular complexity index is 550. The Morgan fingerprint density at radius 3 is 2.74 bits per heavy atom. The first-order chi connectivity index (χ1) is 10.9. The van der Waals surface area contributed by atoms with Crippen molar-refractivity contribution in [2.24, 2.45) is 34.5 Å². The van der Waals surface area contributed by atoms with Crippen LogP contribution in [0.1, 0.15) is 72.1 Å². The number of hydrogen-bond acceptors (Lipinski definition) is 2. The lowest BCUT2D eigenvalue weighted by molar-refractivity contribution is -0.133. The highest BCUT2D eigenvalue weighted by atomic mass is 16.3. The van der Waals surface area contributed by atoms with E-state index in [-0.39, 0.29) is 11.2 Å². The van der Waals surface area contributed by atoms with Crippen LogP contribution in [0.3, 0.4) is 0 Å². The standard InChI is InChI=1S/C21H32O2/c1-4-13-6-8-16-15-7-5-14-11-18(22)19(23)12-21(14,3)17(15)9-10-20(13,16)2/h5,13,15-17,19,23H,4,6-12H2,1-3H3/t13-,15-,16-,17-,19?,20+,21-/m0/s1. The van der Waals surface area contributed by atoms with E-state index in [0.29, 0.717) is 24.2 Å². The van der Waals surface area contributed by atoms with Gasteiger partial charge in [0.05, 0.1) is 0 Å². The zero-order valence-electron chi connectivity index (χ0n) is 15.0. The Labute approximate surface area is 140 Å². The summed E-state index contributed by atoms with van der Waals surface area (Å²) in [6.07, 6.45) is 10.8. The molecule has 3 fully saturated rings. The molecular formula is C21H32O2. The van der Waals surface area contributed by atoms with Crippen molar-refractivity contribution in [3.8, 4) is 0 Å². The molecule has 0 heterocycles. The molecule has 2 nitrogen and oxygen atoms in total. The van der Waals surface area contributed by atoms with Gasteiger partial charge < -0.3 is 5.11 Å². The molecule has 0 amide bonds. The molecule has 0 aromatic rings. The van der Waals surface area contributed by atoms with E-state index in [1.807, 2.05) is 0 Å². The van der Waals surface area contributed by atoms with Crippen molar-refractivity contribution in [2.75, 3.05) is 0 Å². The SMILES string of the molecule is CC[C@H]1CC[C@H]2[C@@H]3CC=C4CC(=O)C(O)C[C@]4(C)[C@H]3CC[C@]12C. The number of carbonyl (C=O) groups is 1. The molecular weight excluding hydrogens is 284 g/mol. The van der Waals surface area contributed by atoms with E-state index in [2.05, 4.69) is 26.8 Å². The fraction of sp³-hybridized carbons (Fsp3) is 0.857. The minimum Gasteiger partial charge on any atom is -0.385 e. The maximum atomic E-state index is 12.0. The van der Waals surface area contributed by atoms with Gasteiger partial charge in [-0.25, -0.2) is 0 Å². The summed E-state index contributed by atoms with van der Waals surface area (Å²) in [6, 6.07) is 0. The molecule has 128 valence electrons. The zero-order valence-corrected chi connectivity index (χ0v) is 15.0. The summed E-state index contributed by atoms with van der Waals surface area (Å²) in [5, 5.41) is 10.2. The Balaban J connectivity index is 1.68. The maximum absolute atomic E-state index is 12.0. The maximum Gasteiger partial charge on any atom is 0.165 e. The molecule has 0 bridgehead atoms. The molecule has 1 unspecified atom stereocenters. The summed E-state index contributed by atoms with van der Waals surface area (Å²) in [5.41, 5.74) is 1.96. The van der Waals surface area contributed by atoms with Gasteiger partial charge in [-0.3, -0.25) is 4.79 Å². The van der Waals surface area contributed by atoms with E-state index in [0.717, 1.165) is 17.8 Å². The third-order valence-corrected chi connectivity index (χ3v) is 8.67. The third kappa shape index (κ3) is 2.06. The van der Waals surface area contributed by atoms with Gasteiger partial charge in [-0.15, -0.1) is 0 Å². The topological polar surface area (TPSA) is 37.3 Å². The van der Waals surface area contributed by atoms with Crippen LogP contribution in [-0.4, -0.2) is 17.0 Å². The molecule has 0 saturated heterocycles. The average Bonchev–Trinajstić information content (AvgIpc) is 2.85. The predicted octanol–water partition coefficient (Wildman–Crippen LogP) is 4.52. The number of aliphatic hydroxyl groups is 1. The number of carbonyl (C=O) groups excluding carboxylic acids is 1. The van der Waals surface area contributed by atoms with Crippen molar-refractivity contribution >= 4 is 5.78 Å². The molecule has 2 heteroatoms. The monoisotopic (exact) mass is 316 g/mol. The Kier molecular flexibility index (Phi) is 3.58. The van der Waals surface area contributed by atoms with Crippen LogP contribution in [0.5, 0.6) is 0 Å². The van der Waals surface area contributed by atoms with Crippen molar-refractivity contribution in [3.63, 3.8) is 0 Å². The van der Waals surface area contributed by atoms with Crippen LogP contribution in [0, 0.1) is 34.5 Å². The van der Waals surface area contributed by atoms with E-state index in [4.69, 9.17) is 0 Å². The van der Waals surface area contributed by atoms with Crippen molar-refractivity contribution < 1.29 is 9.90 Å². The van der Waals surface area contributed by atoms with Crippen LogP contribution in [0.15, 0.2) is 11.6 Å². The Hall–Kier alpha value is -0.630. The first-order valence-electron chi connectivity index (χ1n) is 9.80. The summed E-state index contributed by atoms with van der Waals surface area (Å²) in [4.78, 5) is 12.0. The number of hydrogen-bond donors (Lipinski definition) is 1. The molecule has 4 aliphatic rings. The minimum atomic E-state index is -0.726. The Morgan fingerprint density at radius 1 is 1.22 bits per heavy atom. The third-order valence-electron chi connectivity index (χ3n) is 8.67. The van der Waals surface area contributed by atoms with Crippen LogP contribution in [-0.2, 0) is 4.79 Å². The number of ketones is 1. The molecule has 0 aromatic heterocycles. The van der Waals surface area contributed by atoms with Crippen LogP contribution >= 0.6 is 0 Å². The molecule has 0 aromatic carbocycles. The Morgan fingerprint density at radius 2 is 2.00 bits per heavy atom. The molecule has 23 heavy (non-hydrogen) atoms. The number of allylic oxidation sites excluding steroid dienone is 2. The van der Waals surface area contributed by atoms with Gasteiger partial charge in [-0.2, -0.15) is 0 Å². The normalized spacial score (nSPS) is 52.4. The molecule has 1 N–H and O–H groups in total. The summed E-state index contributed by atoms with van der Waals surface area (Å²) in [7, 11) is 0. The van der Waals surface area contributed by atoms with Gasteiger partial charge >= 0.3 is 0 Å². The second kappa shape index (κ2) is 5.18. The quantitative estimate of drug-likeness (QED) is 0.722. The van der Waals surface area contributed by atoms with Crippen LogP contribution in [0.4, 0.5) is 0 Å². The fourth-order valence-corrected chi connectivity index (χ4v) is 7.31. The second-order valence-corrected chi connectivity index (χ2v) is 9.35. The van der Waals surface area contributed by atoms with Gasteiger partial charge in [0, 0.05) is 6.42 Å². The molecule has 3 saturated carbocycles. The fourth-order valence-electron chi connectivity index (χ4n) is 7.31. The van der Waals surface area contributed by atoms with Crippen molar-refractivity contribution in [1.82, 2.24) is 0 Å². The van der Waals surface area contributed by atoms with E-state index >= 15 is 0 Å². The van der Waals surface area contributed by atoms with Gasteiger partial charge in [-0.1, -0.05) is 38.8 Å². The van der Waals surface area contributed by atoms with E-state index < -0.39 is 6.10 Å². The van der Waals surface area contributed by atoms with Gasteiger partial charge in [-0.05, 0) is 73.0 Å². The molecule has 4 rings (SSSR count).